The molecule has 1 saturated carbocycles. The minimum absolute atomic E-state index is 0. The van der Waals surface area contributed by atoms with E-state index in [1.807, 2.05) is 6.07 Å². The number of phenols is 1. The van der Waals surface area contributed by atoms with Gasteiger partial charge in [-0.1, -0.05) is 19.8 Å². The molecule has 3 aromatic rings. The van der Waals surface area contributed by atoms with E-state index in [0.29, 0.717) is 29.3 Å². The molecule has 1 fully saturated rings. The Labute approximate surface area is 190 Å². The van der Waals surface area contributed by atoms with Crippen molar-refractivity contribution in [1.82, 2.24) is 15.7 Å². The van der Waals surface area contributed by atoms with Crippen LogP contribution >= 0.6 is 0 Å². The van der Waals surface area contributed by atoms with Crippen molar-refractivity contribution in [3.8, 4) is 17.1 Å². The first kappa shape index (κ1) is 21.6. The molecule has 172 valence electrons. The van der Waals surface area contributed by atoms with Crippen LogP contribution in [0.25, 0.3) is 22.3 Å². The fourth-order valence-corrected chi connectivity index (χ4v) is 5.78. The lowest BCUT2D eigenvalue weighted by molar-refractivity contribution is -0.172. The maximum atomic E-state index is 13.5. The predicted octanol–water partition coefficient (Wildman–Crippen LogP) is 3.60. The molecule has 1 unspecified atom stereocenters. The third kappa shape index (κ3) is 2.87. The second-order valence-corrected chi connectivity index (χ2v) is 9.14. The number of aromatic nitrogens is 2. The fraction of sp³-hybridized carbons (Fsp3) is 0.400. The van der Waals surface area contributed by atoms with Gasteiger partial charge >= 0.3 is 5.97 Å². The molecule has 3 aliphatic rings. The van der Waals surface area contributed by atoms with Gasteiger partial charge in [0.05, 0.1) is 29.0 Å². The molecule has 33 heavy (non-hydrogen) atoms. The highest BCUT2D eigenvalue weighted by molar-refractivity contribution is 5.90. The van der Waals surface area contributed by atoms with Crippen LogP contribution in [0, 0.1) is 0 Å². The molecule has 5 N–H and O–H groups in total. The maximum absolute atomic E-state index is 13.5. The smallest absolute Gasteiger partial charge is 0.343 e. The van der Waals surface area contributed by atoms with Crippen LogP contribution in [0.2, 0.25) is 0 Å². The first-order valence-electron chi connectivity index (χ1n) is 11.2. The lowest BCUT2D eigenvalue weighted by atomic mass is 9.85. The standard InChI is InChI=1S/C25H24N2O5.H3N/c1-2-25(31)18-10-20-22-16(11-27(20)23(29)17(18)12-32-24(25)30)21(13-5-3-4-6-13)15-9-14(28)7-8-19(15)26-22;/h7-10,13,28,31H,2-6,11-12H2,1H3;1H3. The Morgan fingerprint density at radius 2 is 1.94 bits per heavy atom. The number of ether oxygens (including phenoxy) is 1. The van der Waals surface area contributed by atoms with E-state index in [1.54, 1.807) is 29.7 Å². The molecule has 1 aromatic carbocycles. The molecule has 1 aliphatic carbocycles. The zero-order valence-electron chi connectivity index (χ0n) is 18.6. The van der Waals surface area contributed by atoms with E-state index in [2.05, 4.69) is 0 Å². The van der Waals surface area contributed by atoms with E-state index in [0.717, 1.165) is 53.4 Å². The average molecular weight is 450 g/mol. The SMILES string of the molecule is CCC1(O)C(=O)OCc2c1cc1n(c2=O)Cc2c-1nc1ccc(O)cc1c2C1CCCC1.N. The van der Waals surface area contributed by atoms with Crippen LogP contribution < -0.4 is 11.7 Å². The number of nitrogens with zero attached hydrogens (tertiary/aromatic N) is 2. The zero-order valence-corrected chi connectivity index (χ0v) is 18.6. The molecule has 4 heterocycles. The molecule has 2 aliphatic heterocycles. The van der Waals surface area contributed by atoms with Gasteiger partial charge < -0.3 is 25.7 Å². The number of hydrogen-bond acceptors (Lipinski definition) is 7. The van der Waals surface area contributed by atoms with Crippen LogP contribution in [0.4, 0.5) is 0 Å². The summed E-state index contributed by atoms with van der Waals surface area (Å²) in [7, 11) is 0. The molecule has 1 atom stereocenters. The van der Waals surface area contributed by atoms with Crippen molar-refractivity contribution < 1.29 is 19.7 Å². The minimum atomic E-state index is -1.83. The summed E-state index contributed by atoms with van der Waals surface area (Å²) in [5, 5.41) is 22.2. The van der Waals surface area contributed by atoms with Gasteiger partial charge in [-0.25, -0.2) is 9.78 Å². The summed E-state index contributed by atoms with van der Waals surface area (Å²) in [5.74, 6) is -0.165. The molecule has 6 rings (SSSR count). The van der Waals surface area contributed by atoms with E-state index >= 15 is 0 Å². The summed E-state index contributed by atoms with van der Waals surface area (Å²) in [5.41, 5.74) is 2.86. The number of cyclic esters (lactones) is 1. The van der Waals surface area contributed by atoms with Gasteiger partial charge in [0.1, 0.15) is 12.4 Å². The van der Waals surface area contributed by atoms with E-state index in [1.165, 1.54) is 0 Å². The van der Waals surface area contributed by atoms with Crippen LogP contribution in [0.5, 0.6) is 5.75 Å². The van der Waals surface area contributed by atoms with Crippen molar-refractivity contribution in [2.75, 3.05) is 0 Å². The molecule has 8 nitrogen and oxygen atoms in total. The summed E-state index contributed by atoms with van der Waals surface area (Å²) in [6.07, 6.45) is 4.58. The van der Waals surface area contributed by atoms with Crippen LogP contribution in [-0.2, 0) is 28.3 Å². The molecule has 8 heteroatoms. The molecule has 0 amide bonds. The number of phenolic OH excluding ortho intramolecular Hbond substituents is 1. The van der Waals surface area contributed by atoms with Gasteiger partial charge in [-0.2, -0.15) is 0 Å². The van der Waals surface area contributed by atoms with Crippen molar-refractivity contribution >= 4 is 16.9 Å². The average Bonchev–Trinajstić information content (AvgIpc) is 3.44. The van der Waals surface area contributed by atoms with Crippen LogP contribution in [-0.4, -0.2) is 25.7 Å². The van der Waals surface area contributed by atoms with E-state index in [-0.39, 0.29) is 30.5 Å². The number of esters is 1. The number of fused-ring (bicyclic) bond motifs is 5. The highest BCUT2D eigenvalue weighted by Gasteiger charge is 2.45. The number of carbonyl (C=O) groups excluding carboxylic acids is 1. The summed E-state index contributed by atoms with van der Waals surface area (Å²) >= 11 is 0. The van der Waals surface area contributed by atoms with Crippen molar-refractivity contribution in [3.05, 3.63) is 56.9 Å². The van der Waals surface area contributed by atoms with Gasteiger partial charge in [-0.05, 0) is 55.0 Å². The number of rotatable bonds is 2. The van der Waals surface area contributed by atoms with Crippen LogP contribution in [0.15, 0.2) is 29.1 Å². The fourth-order valence-electron chi connectivity index (χ4n) is 5.78. The topological polar surface area (TPSA) is 137 Å². The van der Waals surface area contributed by atoms with E-state index in [9.17, 15) is 19.8 Å². The first-order valence-corrected chi connectivity index (χ1v) is 11.2. The molecule has 2 aromatic heterocycles. The lowest BCUT2D eigenvalue weighted by Gasteiger charge is -2.31. The lowest BCUT2D eigenvalue weighted by Crippen LogP contribution is -2.44. The Kier molecular flexibility index (Phi) is 4.84. The van der Waals surface area contributed by atoms with Gasteiger partial charge in [0.15, 0.2) is 5.60 Å². The summed E-state index contributed by atoms with van der Waals surface area (Å²) in [6.45, 7) is 1.95. The Hall–Kier alpha value is -3.23. The maximum Gasteiger partial charge on any atom is 0.343 e. The van der Waals surface area contributed by atoms with Gasteiger partial charge in [-0.15, -0.1) is 0 Å². The predicted molar refractivity (Wildman–Crippen MR) is 122 cm³/mol. The molecule has 0 bridgehead atoms. The number of benzene rings is 1. The van der Waals surface area contributed by atoms with Gasteiger partial charge in [0, 0.05) is 16.5 Å². The second-order valence-electron chi connectivity index (χ2n) is 9.14. The number of aromatic hydroxyl groups is 1. The summed E-state index contributed by atoms with van der Waals surface area (Å²) in [6, 6.07) is 6.96. The quantitative estimate of drug-likeness (QED) is 0.398. The Morgan fingerprint density at radius 3 is 2.67 bits per heavy atom. The monoisotopic (exact) mass is 449 g/mol. The van der Waals surface area contributed by atoms with Crippen LogP contribution in [0.1, 0.15) is 67.2 Å². The van der Waals surface area contributed by atoms with Gasteiger partial charge in [0.2, 0.25) is 0 Å². The Morgan fingerprint density at radius 1 is 1.18 bits per heavy atom. The second kappa shape index (κ2) is 7.40. The van der Waals surface area contributed by atoms with E-state index in [4.69, 9.17) is 9.72 Å². The number of aliphatic hydroxyl groups is 1. The third-order valence-electron chi connectivity index (χ3n) is 7.48. The number of pyridine rings is 2. The van der Waals surface area contributed by atoms with Crippen molar-refractivity contribution in [2.45, 2.75) is 63.7 Å². The Bertz CT molecular complexity index is 1370. The van der Waals surface area contributed by atoms with Crippen molar-refractivity contribution in [2.24, 2.45) is 0 Å². The molecule has 0 radical (unpaired) electrons. The molecular formula is C25H27N3O5. The number of hydrogen-bond donors (Lipinski definition) is 3. The highest BCUT2D eigenvalue weighted by Crippen LogP contribution is 2.46. The molecular weight excluding hydrogens is 422 g/mol. The summed E-state index contributed by atoms with van der Waals surface area (Å²) in [4.78, 5) is 30.7. The third-order valence-corrected chi connectivity index (χ3v) is 7.48. The zero-order chi connectivity index (χ0) is 22.2. The summed E-state index contributed by atoms with van der Waals surface area (Å²) < 4.78 is 6.85. The van der Waals surface area contributed by atoms with E-state index < -0.39 is 11.6 Å². The minimum Gasteiger partial charge on any atom is -0.508 e. The van der Waals surface area contributed by atoms with Crippen molar-refractivity contribution in [3.63, 3.8) is 0 Å². The van der Waals surface area contributed by atoms with Crippen molar-refractivity contribution in [1.29, 1.82) is 0 Å². The highest BCUT2D eigenvalue weighted by atomic mass is 16.6. The molecule has 0 saturated heterocycles. The van der Waals surface area contributed by atoms with Gasteiger partial charge in [-0.3, -0.25) is 4.79 Å². The first-order chi connectivity index (χ1) is 15.4. The number of carbonyl (C=O) groups is 1. The van der Waals surface area contributed by atoms with Crippen LogP contribution in [0.3, 0.4) is 0 Å². The Balaban J connectivity index is 0.00000228. The largest absolute Gasteiger partial charge is 0.508 e. The normalized spacial score (nSPS) is 21.3. The molecule has 0 spiro atoms. The van der Waals surface area contributed by atoms with Gasteiger partial charge in [0.25, 0.3) is 5.56 Å².